The SMILES string of the molecule is Clc1cc(Cl)cc(Nc2ncc3cc(Br)cc(Br)c3n2)c1. The normalized spacial score (nSPS) is 10.9. The summed E-state index contributed by atoms with van der Waals surface area (Å²) in [4.78, 5) is 8.79. The molecule has 106 valence electrons. The van der Waals surface area contributed by atoms with E-state index in [1.54, 1.807) is 24.4 Å². The summed E-state index contributed by atoms with van der Waals surface area (Å²) >= 11 is 18.9. The van der Waals surface area contributed by atoms with E-state index in [2.05, 4.69) is 47.1 Å². The molecule has 0 saturated carbocycles. The van der Waals surface area contributed by atoms with Gasteiger partial charge in [-0.05, 0) is 46.3 Å². The lowest BCUT2D eigenvalue weighted by molar-refractivity contribution is 1.21. The summed E-state index contributed by atoms with van der Waals surface area (Å²) in [6.45, 7) is 0. The second-order valence-corrected chi connectivity index (χ2v) is 6.95. The summed E-state index contributed by atoms with van der Waals surface area (Å²) < 4.78 is 1.86. The fourth-order valence-corrected chi connectivity index (χ4v) is 3.76. The molecule has 3 rings (SSSR count). The molecular formula is C14H7Br2Cl2N3. The minimum atomic E-state index is 0.476. The highest BCUT2D eigenvalue weighted by Gasteiger charge is 2.06. The molecule has 0 radical (unpaired) electrons. The van der Waals surface area contributed by atoms with Gasteiger partial charge in [0.15, 0.2) is 0 Å². The van der Waals surface area contributed by atoms with Gasteiger partial charge in [-0.1, -0.05) is 39.1 Å². The summed E-state index contributed by atoms with van der Waals surface area (Å²) in [5.41, 5.74) is 1.56. The van der Waals surface area contributed by atoms with Gasteiger partial charge in [0, 0.05) is 36.3 Å². The van der Waals surface area contributed by atoms with Crippen molar-refractivity contribution in [2.24, 2.45) is 0 Å². The van der Waals surface area contributed by atoms with Gasteiger partial charge in [0.2, 0.25) is 5.95 Å². The molecule has 1 heterocycles. The zero-order chi connectivity index (χ0) is 15.0. The van der Waals surface area contributed by atoms with Crippen molar-refractivity contribution < 1.29 is 0 Å². The van der Waals surface area contributed by atoms with E-state index < -0.39 is 0 Å². The quantitative estimate of drug-likeness (QED) is 0.507. The zero-order valence-corrected chi connectivity index (χ0v) is 15.1. The molecule has 3 aromatic rings. The van der Waals surface area contributed by atoms with Gasteiger partial charge in [0.1, 0.15) is 0 Å². The minimum Gasteiger partial charge on any atom is -0.324 e. The lowest BCUT2D eigenvalue weighted by Gasteiger charge is -2.08. The molecule has 7 heteroatoms. The summed E-state index contributed by atoms with van der Waals surface area (Å²) in [7, 11) is 0. The average molecular weight is 448 g/mol. The molecule has 0 fully saturated rings. The molecule has 2 aromatic carbocycles. The van der Waals surface area contributed by atoms with Crippen LogP contribution in [-0.2, 0) is 0 Å². The highest BCUT2D eigenvalue weighted by atomic mass is 79.9. The Hall–Kier alpha value is -0.880. The number of anilines is 2. The second kappa shape index (κ2) is 6.08. The fourth-order valence-electron chi connectivity index (χ4n) is 1.88. The Morgan fingerprint density at radius 3 is 2.38 bits per heavy atom. The third-order valence-electron chi connectivity index (χ3n) is 2.72. The highest BCUT2D eigenvalue weighted by molar-refractivity contribution is 9.11. The van der Waals surface area contributed by atoms with Crippen LogP contribution in [0.1, 0.15) is 0 Å². The van der Waals surface area contributed by atoms with Gasteiger partial charge in [0.25, 0.3) is 0 Å². The Kier molecular flexibility index (Phi) is 4.36. The number of nitrogens with one attached hydrogen (secondary N) is 1. The molecule has 0 aliphatic rings. The van der Waals surface area contributed by atoms with Crippen LogP contribution in [0.3, 0.4) is 0 Å². The third-order valence-corrected chi connectivity index (χ3v) is 4.22. The largest absolute Gasteiger partial charge is 0.324 e. The molecule has 0 saturated heterocycles. The van der Waals surface area contributed by atoms with E-state index in [0.717, 1.165) is 25.5 Å². The van der Waals surface area contributed by atoms with E-state index in [1.165, 1.54) is 0 Å². The Morgan fingerprint density at radius 1 is 0.952 bits per heavy atom. The zero-order valence-electron chi connectivity index (χ0n) is 10.4. The van der Waals surface area contributed by atoms with Crippen LogP contribution in [0, 0.1) is 0 Å². The molecule has 21 heavy (non-hydrogen) atoms. The third kappa shape index (κ3) is 3.48. The highest BCUT2D eigenvalue weighted by Crippen LogP contribution is 2.29. The Labute approximate surface area is 148 Å². The van der Waals surface area contributed by atoms with Gasteiger partial charge in [-0.2, -0.15) is 0 Å². The lowest BCUT2D eigenvalue weighted by atomic mass is 10.2. The number of hydrogen-bond donors (Lipinski definition) is 1. The molecule has 1 N–H and O–H groups in total. The number of hydrogen-bond acceptors (Lipinski definition) is 3. The van der Waals surface area contributed by atoms with Crippen molar-refractivity contribution in [1.29, 1.82) is 0 Å². The average Bonchev–Trinajstić information content (AvgIpc) is 2.38. The monoisotopic (exact) mass is 445 g/mol. The number of fused-ring (bicyclic) bond motifs is 1. The Bertz CT molecular complexity index is 820. The van der Waals surface area contributed by atoms with Gasteiger partial charge < -0.3 is 5.32 Å². The van der Waals surface area contributed by atoms with Crippen LogP contribution in [0.4, 0.5) is 11.6 Å². The molecule has 0 aliphatic heterocycles. The molecule has 0 amide bonds. The number of halogens is 4. The first kappa shape index (κ1) is 15.0. The van der Waals surface area contributed by atoms with Gasteiger partial charge in [-0.3, -0.25) is 0 Å². The van der Waals surface area contributed by atoms with Gasteiger partial charge in [0.05, 0.1) is 5.52 Å². The van der Waals surface area contributed by atoms with Gasteiger partial charge in [-0.15, -0.1) is 0 Å². The van der Waals surface area contributed by atoms with E-state index in [9.17, 15) is 0 Å². The maximum absolute atomic E-state index is 5.98. The van der Waals surface area contributed by atoms with E-state index in [1.807, 2.05) is 12.1 Å². The van der Waals surface area contributed by atoms with Crippen LogP contribution in [0.25, 0.3) is 10.9 Å². The van der Waals surface area contributed by atoms with Crippen LogP contribution < -0.4 is 5.32 Å². The van der Waals surface area contributed by atoms with E-state index in [0.29, 0.717) is 16.0 Å². The minimum absolute atomic E-state index is 0.476. The van der Waals surface area contributed by atoms with Crippen molar-refractivity contribution in [3.63, 3.8) is 0 Å². The van der Waals surface area contributed by atoms with Gasteiger partial charge >= 0.3 is 0 Å². The number of aromatic nitrogens is 2. The topological polar surface area (TPSA) is 37.8 Å². The lowest BCUT2D eigenvalue weighted by Crippen LogP contribution is -1.97. The van der Waals surface area contributed by atoms with Crippen LogP contribution in [0.5, 0.6) is 0 Å². The number of nitrogens with zero attached hydrogens (tertiary/aromatic N) is 2. The maximum Gasteiger partial charge on any atom is 0.227 e. The van der Waals surface area contributed by atoms with Crippen molar-refractivity contribution in [1.82, 2.24) is 9.97 Å². The fraction of sp³-hybridized carbons (Fsp3) is 0. The molecule has 0 atom stereocenters. The predicted octanol–water partition coefficient (Wildman–Crippen LogP) is 6.21. The number of benzene rings is 2. The first-order valence-corrected chi connectivity index (χ1v) is 8.20. The van der Waals surface area contributed by atoms with Crippen LogP contribution in [0.2, 0.25) is 10.0 Å². The maximum atomic E-state index is 5.98. The molecule has 0 unspecified atom stereocenters. The first-order valence-electron chi connectivity index (χ1n) is 5.86. The molecule has 1 aromatic heterocycles. The molecule has 0 bridgehead atoms. The second-order valence-electron chi connectivity index (χ2n) is 4.30. The van der Waals surface area contributed by atoms with Crippen molar-refractivity contribution in [3.05, 3.63) is 55.5 Å². The van der Waals surface area contributed by atoms with Gasteiger partial charge in [-0.25, -0.2) is 9.97 Å². The molecular weight excluding hydrogens is 441 g/mol. The van der Waals surface area contributed by atoms with E-state index in [-0.39, 0.29) is 0 Å². The van der Waals surface area contributed by atoms with E-state index >= 15 is 0 Å². The van der Waals surface area contributed by atoms with Crippen molar-refractivity contribution in [2.45, 2.75) is 0 Å². The first-order chi connectivity index (χ1) is 10.0. The molecule has 3 nitrogen and oxygen atoms in total. The molecule has 0 spiro atoms. The Balaban J connectivity index is 2.01. The smallest absolute Gasteiger partial charge is 0.227 e. The number of rotatable bonds is 2. The van der Waals surface area contributed by atoms with Crippen LogP contribution in [-0.4, -0.2) is 9.97 Å². The van der Waals surface area contributed by atoms with Crippen molar-refractivity contribution in [3.8, 4) is 0 Å². The Morgan fingerprint density at radius 2 is 1.67 bits per heavy atom. The summed E-state index contributed by atoms with van der Waals surface area (Å²) in [5.74, 6) is 0.476. The summed E-state index contributed by atoms with van der Waals surface area (Å²) in [5, 5.41) is 5.14. The van der Waals surface area contributed by atoms with Crippen molar-refractivity contribution >= 4 is 77.6 Å². The predicted molar refractivity (Wildman–Crippen MR) is 94.7 cm³/mol. The standard InChI is InChI=1S/C14H7Br2Cl2N3/c15-8-1-7-6-19-14(21-13(7)12(16)2-8)20-11-4-9(17)3-10(18)5-11/h1-6H,(H,19,20,21). The molecule has 0 aliphatic carbocycles. The van der Waals surface area contributed by atoms with Crippen LogP contribution >= 0.6 is 55.1 Å². The van der Waals surface area contributed by atoms with E-state index in [4.69, 9.17) is 23.2 Å². The summed E-state index contributed by atoms with van der Waals surface area (Å²) in [6.07, 6.45) is 1.76. The summed E-state index contributed by atoms with van der Waals surface area (Å²) in [6, 6.07) is 9.09. The van der Waals surface area contributed by atoms with Crippen molar-refractivity contribution in [2.75, 3.05) is 5.32 Å². The van der Waals surface area contributed by atoms with Crippen LogP contribution in [0.15, 0.2) is 45.5 Å².